The van der Waals surface area contributed by atoms with E-state index < -0.39 is 24.1 Å². The van der Waals surface area contributed by atoms with Gasteiger partial charge in [-0.25, -0.2) is 9.59 Å². The van der Waals surface area contributed by atoms with Crippen molar-refractivity contribution in [1.29, 1.82) is 0 Å². The van der Waals surface area contributed by atoms with Crippen LogP contribution >= 0.6 is 0 Å². The molecule has 1 aliphatic rings. The fourth-order valence-electron chi connectivity index (χ4n) is 5.19. The maximum atomic E-state index is 13.0. The Labute approximate surface area is 233 Å². The Kier molecular flexibility index (Phi) is 7.06. The second kappa shape index (κ2) is 10.9. The summed E-state index contributed by atoms with van der Waals surface area (Å²) in [5, 5.41) is 4.62. The van der Waals surface area contributed by atoms with E-state index in [1.54, 1.807) is 24.3 Å². The topological polar surface area (TPSA) is 61.8 Å². The Hall–Kier alpha value is -4.48. The predicted octanol–water partition coefficient (Wildman–Crippen LogP) is 7.52. The first-order valence-corrected chi connectivity index (χ1v) is 13.5. The minimum atomic E-state index is -0.596. The summed E-state index contributed by atoms with van der Waals surface area (Å²) in [5.74, 6) is -0.859. The van der Waals surface area contributed by atoms with E-state index in [4.69, 9.17) is 14.2 Å². The van der Waals surface area contributed by atoms with E-state index in [1.165, 1.54) is 10.8 Å². The number of ether oxygens (including phenoxy) is 3. The molecule has 0 radical (unpaired) electrons. The van der Waals surface area contributed by atoms with Crippen LogP contribution in [0.15, 0.2) is 103 Å². The number of aryl methyl sites for hydroxylation is 2. The normalized spacial score (nSPS) is 18.6. The van der Waals surface area contributed by atoms with Crippen molar-refractivity contribution in [2.75, 3.05) is 6.61 Å². The number of benzene rings is 5. The van der Waals surface area contributed by atoms with Crippen molar-refractivity contribution in [2.45, 2.75) is 38.6 Å². The smallest absolute Gasteiger partial charge is 0.338 e. The molecule has 1 heterocycles. The largest absolute Gasteiger partial charge is 0.459 e. The van der Waals surface area contributed by atoms with Gasteiger partial charge in [-0.05, 0) is 83.4 Å². The highest BCUT2D eigenvalue weighted by atomic mass is 16.6. The lowest BCUT2D eigenvalue weighted by Crippen LogP contribution is -2.32. The van der Waals surface area contributed by atoms with Gasteiger partial charge in [-0.1, -0.05) is 71.8 Å². The maximum Gasteiger partial charge on any atom is 0.338 e. The zero-order valence-corrected chi connectivity index (χ0v) is 22.5. The highest BCUT2D eigenvalue weighted by molar-refractivity contribution is 5.98. The Balaban J connectivity index is 1.24. The molecule has 5 heteroatoms. The van der Waals surface area contributed by atoms with Crippen molar-refractivity contribution in [1.82, 2.24) is 0 Å². The number of hydrogen-bond donors (Lipinski definition) is 0. The van der Waals surface area contributed by atoms with Crippen LogP contribution in [0.1, 0.15) is 49.9 Å². The standard InChI is InChI=1S/C35H30O5/c1-22-7-11-24(12-8-22)34(36)38-21-33-32(40-35(37)25-13-9-23(2)10-14-25)20-31(39-33)29-16-15-28-17-26-5-3-4-6-27(26)18-30(28)19-29/h3-19,31-33H,20-21H2,1-2H3/t31-,32-,33+/m0/s1. The van der Waals surface area contributed by atoms with E-state index in [-0.39, 0.29) is 12.7 Å². The van der Waals surface area contributed by atoms with E-state index in [0.717, 1.165) is 27.5 Å². The first-order valence-electron chi connectivity index (χ1n) is 13.5. The molecule has 1 aliphatic heterocycles. The third-order valence-corrected chi connectivity index (χ3v) is 7.51. The minimum absolute atomic E-state index is 0.0206. The second-order valence-electron chi connectivity index (χ2n) is 10.5. The van der Waals surface area contributed by atoms with Crippen LogP contribution in [-0.2, 0) is 14.2 Å². The van der Waals surface area contributed by atoms with Gasteiger partial charge >= 0.3 is 11.9 Å². The summed E-state index contributed by atoms with van der Waals surface area (Å²) in [6, 6.07) is 33.4. The van der Waals surface area contributed by atoms with Gasteiger partial charge in [0.25, 0.3) is 0 Å². The van der Waals surface area contributed by atoms with Gasteiger partial charge in [0, 0.05) is 6.42 Å². The Morgan fingerprint density at radius 1 is 0.700 bits per heavy atom. The summed E-state index contributed by atoms with van der Waals surface area (Å²) >= 11 is 0. The zero-order valence-electron chi connectivity index (χ0n) is 22.5. The van der Waals surface area contributed by atoms with Crippen LogP contribution in [-0.4, -0.2) is 30.8 Å². The Morgan fingerprint density at radius 2 is 1.27 bits per heavy atom. The van der Waals surface area contributed by atoms with Gasteiger partial charge in [0.1, 0.15) is 18.8 Å². The van der Waals surface area contributed by atoms with Gasteiger partial charge in [-0.3, -0.25) is 0 Å². The number of carbonyl (C=O) groups excluding carboxylic acids is 2. The molecule has 0 N–H and O–H groups in total. The van der Waals surface area contributed by atoms with E-state index in [1.807, 2.05) is 50.2 Å². The molecule has 0 aliphatic carbocycles. The first kappa shape index (κ1) is 25.8. The fraction of sp³-hybridized carbons (Fsp3) is 0.200. The third-order valence-electron chi connectivity index (χ3n) is 7.51. The van der Waals surface area contributed by atoms with Crippen LogP contribution in [0.4, 0.5) is 0 Å². The van der Waals surface area contributed by atoms with Crippen LogP contribution in [0.2, 0.25) is 0 Å². The van der Waals surface area contributed by atoms with E-state index in [9.17, 15) is 9.59 Å². The number of esters is 2. The summed E-state index contributed by atoms with van der Waals surface area (Å²) < 4.78 is 18.0. The first-order chi connectivity index (χ1) is 19.4. The fourth-order valence-corrected chi connectivity index (χ4v) is 5.19. The monoisotopic (exact) mass is 530 g/mol. The molecule has 0 aromatic heterocycles. The van der Waals surface area contributed by atoms with Crippen LogP contribution < -0.4 is 0 Å². The molecule has 1 fully saturated rings. The van der Waals surface area contributed by atoms with E-state index >= 15 is 0 Å². The zero-order chi connectivity index (χ0) is 27.6. The lowest BCUT2D eigenvalue weighted by atomic mass is 9.98. The molecule has 1 saturated heterocycles. The van der Waals surface area contributed by atoms with Crippen molar-refractivity contribution in [2.24, 2.45) is 0 Å². The molecule has 0 bridgehead atoms. The molecule has 0 unspecified atom stereocenters. The molecule has 3 atom stereocenters. The van der Waals surface area contributed by atoms with Gasteiger partial charge in [0.15, 0.2) is 0 Å². The van der Waals surface area contributed by atoms with Gasteiger partial charge < -0.3 is 14.2 Å². The van der Waals surface area contributed by atoms with Crippen molar-refractivity contribution in [3.05, 3.63) is 131 Å². The number of carbonyl (C=O) groups is 2. The average molecular weight is 531 g/mol. The van der Waals surface area contributed by atoms with Crippen molar-refractivity contribution >= 4 is 33.5 Å². The summed E-state index contributed by atoms with van der Waals surface area (Å²) in [5.41, 5.74) is 4.06. The van der Waals surface area contributed by atoms with E-state index in [0.29, 0.717) is 17.5 Å². The molecule has 0 amide bonds. The van der Waals surface area contributed by atoms with Gasteiger partial charge in [-0.15, -0.1) is 0 Å². The summed E-state index contributed by atoms with van der Waals surface area (Å²) in [6.07, 6.45) is -1.02. The molecule has 5 aromatic rings. The molecule has 200 valence electrons. The molecule has 5 nitrogen and oxygen atoms in total. The van der Waals surface area contributed by atoms with Gasteiger partial charge in [0.2, 0.25) is 0 Å². The molecular weight excluding hydrogens is 500 g/mol. The predicted molar refractivity (Wildman–Crippen MR) is 156 cm³/mol. The number of fused-ring (bicyclic) bond motifs is 2. The van der Waals surface area contributed by atoms with Crippen molar-refractivity contribution < 1.29 is 23.8 Å². The highest BCUT2D eigenvalue weighted by Gasteiger charge is 2.40. The van der Waals surface area contributed by atoms with E-state index in [2.05, 4.69) is 42.5 Å². The maximum absolute atomic E-state index is 13.0. The molecule has 6 rings (SSSR count). The number of rotatable bonds is 6. The molecule has 5 aromatic carbocycles. The summed E-state index contributed by atoms with van der Waals surface area (Å²) in [6.45, 7) is 3.91. The van der Waals surface area contributed by atoms with Crippen LogP contribution in [0.5, 0.6) is 0 Å². The molecule has 0 spiro atoms. The molecular formula is C35H30O5. The summed E-state index contributed by atoms with van der Waals surface area (Å²) in [7, 11) is 0. The average Bonchev–Trinajstić information content (AvgIpc) is 3.37. The molecule has 0 saturated carbocycles. The second-order valence-corrected chi connectivity index (χ2v) is 10.5. The quantitative estimate of drug-likeness (QED) is 0.168. The lowest BCUT2D eigenvalue weighted by molar-refractivity contribution is -0.0427. The van der Waals surface area contributed by atoms with Gasteiger partial charge in [-0.2, -0.15) is 0 Å². The SMILES string of the molecule is Cc1ccc(C(=O)OC[C@H]2O[C@H](c3ccc4cc5ccccc5cc4c3)C[C@@H]2OC(=O)c2ccc(C)cc2)cc1. The van der Waals surface area contributed by atoms with Gasteiger partial charge in [0.05, 0.1) is 17.2 Å². The Bertz CT molecular complexity index is 1690. The van der Waals surface area contributed by atoms with Crippen LogP contribution in [0.3, 0.4) is 0 Å². The number of hydrogen-bond acceptors (Lipinski definition) is 5. The summed E-state index contributed by atoms with van der Waals surface area (Å²) in [4.78, 5) is 25.7. The highest BCUT2D eigenvalue weighted by Crippen LogP contribution is 2.37. The van der Waals surface area contributed by atoms with Crippen LogP contribution in [0.25, 0.3) is 21.5 Å². The van der Waals surface area contributed by atoms with Crippen molar-refractivity contribution in [3.63, 3.8) is 0 Å². The lowest BCUT2D eigenvalue weighted by Gasteiger charge is -2.19. The Morgan fingerprint density at radius 3 is 1.93 bits per heavy atom. The minimum Gasteiger partial charge on any atom is -0.459 e. The third kappa shape index (κ3) is 5.47. The molecule has 40 heavy (non-hydrogen) atoms. The van der Waals surface area contributed by atoms with Crippen LogP contribution in [0, 0.1) is 13.8 Å². The van der Waals surface area contributed by atoms with Crippen molar-refractivity contribution in [3.8, 4) is 0 Å².